The SMILES string of the molecule is Cc1nc2ccc(NC(=O)CCc3ccccc3)cc2[nH]1. The highest BCUT2D eigenvalue weighted by Crippen LogP contribution is 2.17. The van der Waals surface area contributed by atoms with Crippen LogP contribution < -0.4 is 5.32 Å². The van der Waals surface area contributed by atoms with Crippen LogP contribution >= 0.6 is 0 Å². The summed E-state index contributed by atoms with van der Waals surface area (Å²) in [6.07, 6.45) is 1.22. The van der Waals surface area contributed by atoms with E-state index in [-0.39, 0.29) is 5.91 Å². The minimum absolute atomic E-state index is 0.0226. The molecule has 2 N–H and O–H groups in total. The maximum atomic E-state index is 12.0. The van der Waals surface area contributed by atoms with Crippen molar-refractivity contribution in [2.24, 2.45) is 0 Å². The van der Waals surface area contributed by atoms with Crippen LogP contribution in [0, 0.1) is 6.92 Å². The lowest BCUT2D eigenvalue weighted by molar-refractivity contribution is -0.116. The Balaban J connectivity index is 1.63. The molecule has 21 heavy (non-hydrogen) atoms. The molecule has 0 aliphatic heterocycles. The topological polar surface area (TPSA) is 57.8 Å². The number of benzene rings is 2. The number of nitrogens with one attached hydrogen (secondary N) is 2. The fraction of sp³-hybridized carbons (Fsp3) is 0.176. The number of hydrogen-bond donors (Lipinski definition) is 2. The number of nitrogens with zero attached hydrogens (tertiary/aromatic N) is 1. The van der Waals surface area contributed by atoms with E-state index in [1.807, 2.05) is 55.5 Å². The number of rotatable bonds is 4. The number of amides is 1. The molecule has 4 heteroatoms. The van der Waals surface area contributed by atoms with Gasteiger partial charge in [-0.15, -0.1) is 0 Å². The average Bonchev–Trinajstić information content (AvgIpc) is 2.85. The zero-order valence-electron chi connectivity index (χ0n) is 11.9. The molecule has 0 saturated heterocycles. The number of aromatic amines is 1. The minimum atomic E-state index is 0.0226. The third-order valence-electron chi connectivity index (χ3n) is 3.37. The number of fused-ring (bicyclic) bond motifs is 1. The summed E-state index contributed by atoms with van der Waals surface area (Å²) >= 11 is 0. The van der Waals surface area contributed by atoms with Gasteiger partial charge in [-0.2, -0.15) is 0 Å². The number of carbonyl (C=O) groups is 1. The largest absolute Gasteiger partial charge is 0.342 e. The molecule has 0 radical (unpaired) electrons. The molecule has 0 aliphatic rings. The van der Waals surface area contributed by atoms with Crippen molar-refractivity contribution in [3.8, 4) is 0 Å². The monoisotopic (exact) mass is 279 g/mol. The molecule has 1 amide bonds. The lowest BCUT2D eigenvalue weighted by Crippen LogP contribution is -2.12. The Morgan fingerprint density at radius 1 is 1.19 bits per heavy atom. The first-order valence-electron chi connectivity index (χ1n) is 7.01. The highest BCUT2D eigenvalue weighted by atomic mass is 16.1. The second kappa shape index (κ2) is 5.79. The van der Waals surface area contributed by atoms with Gasteiger partial charge < -0.3 is 10.3 Å². The van der Waals surface area contributed by atoms with E-state index in [1.54, 1.807) is 0 Å². The van der Waals surface area contributed by atoms with Crippen molar-refractivity contribution in [1.82, 2.24) is 9.97 Å². The number of anilines is 1. The molecule has 1 heterocycles. The van der Waals surface area contributed by atoms with E-state index in [1.165, 1.54) is 5.56 Å². The third-order valence-corrected chi connectivity index (χ3v) is 3.37. The van der Waals surface area contributed by atoms with Crippen LogP contribution in [0.5, 0.6) is 0 Å². The van der Waals surface area contributed by atoms with Gasteiger partial charge in [-0.3, -0.25) is 4.79 Å². The quantitative estimate of drug-likeness (QED) is 0.768. The third kappa shape index (κ3) is 3.28. The van der Waals surface area contributed by atoms with Gasteiger partial charge in [0.2, 0.25) is 5.91 Å². The van der Waals surface area contributed by atoms with Gasteiger partial charge in [0.05, 0.1) is 11.0 Å². The van der Waals surface area contributed by atoms with Crippen LogP contribution in [0.1, 0.15) is 17.8 Å². The van der Waals surface area contributed by atoms with Gasteiger partial charge >= 0.3 is 0 Å². The first-order valence-corrected chi connectivity index (χ1v) is 7.01. The van der Waals surface area contributed by atoms with Crippen LogP contribution in [0.3, 0.4) is 0 Å². The molecule has 3 aromatic rings. The van der Waals surface area contributed by atoms with Gasteiger partial charge in [0.25, 0.3) is 0 Å². The molecular weight excluding hydrogens is 262 g/mol. The summed E-state index contributed by atoms with van der Waals surface area (Å²) in [4.78, 5) is 19.5. The highest BCUT2D eigenvalue weighted by molar-refractivity contribution is 5.93. The van der Waals surface area contributed by atoms with Crippen molar-refractivity contribution in [2.75, 3.05) is 5.32 Å². The summed E-state index contributed by atoms with van der Waals surface area (Å²) < 4.78 is 0. The molecule has 3 rings (SSSR count). The van der Waals surface area contributed by atoms with E-state index in [9.17, 15) is 4.79 Å². The molecule has 106 valence electrons. The van der Waals surface area contributed by atoms with E-state index >= 15 is 0 Å². The normalized spacial score (nSPS) is 10.7. The van der Waals surface area contributed by atoms with Gasteiger partial charge in [0.15, 0.2) is 0 Å². The molecule has 1 aromatic heterocycles. The Morgan fingerprint density at radius 2 is 2.00 bits per heavy atom. The molecule has 0 saturated carbocycles. The fourth-order valence-electron chi connectivity index (χ4n) is 2.34. The number of carbonyl (C=O) groups excluding carboxylic acids is 1. The van der Waals surface area contributed by atoms with Crippen LogP contribution in [0.2, 0.25) is 0 Å². The van der Waals surface area contributed by atoms with Gasteiger partial charge in [-0.25, -0.2) is 4.98 Å². The molecule has 4 nitrogen and oxygen atoms in total. The van der Waals surface area contributed by atoms with Crippen LogP contribution in [-0.2, 0) is 11.2 Å². The van der Waals surface area contributed by atoms with Crippen molar-refractivity contribution >= 4 is 22.6 Å². The maximum absolute atomic E-state index is 12.0. The summed E-state index contributed by atoms with van der Waals surface area (Å²) in [7, 11) is 0. The van der Waals surface area contributed by atoms with Crippen LogP contribution in [-0.4, -0.2) is 15.9 Å². The van der Waals surface area contributed by atoms with Crippen LogP contribution in [0.4, 0.5) is 5.69 Å². The smallest absolute Gasteiger partial charge is 0.224 e. The molecule has 2 aromatic carbocycles. The van der Waals surface area contributed by atoms with Crippen molar-refractivity contribution in [2.45, 2.75) is 19.8 Å². The Labute approximate surface area is 123 Å². The predicted octanol–water partition coefficient (Wildman–Crippen LogP) is 3.44. The molecule has 0 bridgehead atoms. The Hall–Kier alpha value is -2.62. The molecule has 0 spiro atoms. The zero-order chi connectivity index (χ0) is 14.7. The van der Waals surface area contributed by atoms with Crippen molar-refractivity contribution in [3.63, 3.8) is 0 Å². The van der Waals surface area contributed by atoms with Gasteiger partial charge in [0.1, 0.15) is 5.82 Å². The van der Waals surface area contributed by atoms with Gasteiger partial charge in [-0.1, -0.05) is 30.3 Å². The molecule has 0 aliphatic carbocycles. The van der Waals surface area contributed by atoms with Crippen molar-refractivity contribution < 1.29 is 4.79 Å². The fourth-order valence-corrected chi connectivity index (χ4v) is 2.34. The van der Waals surface area contributed by atoms with Crippen molar-refractivity contribution in [3.05, 3.63) is 59.9 Å². The van der Waals surface area contributed by atoms with Crippen LogP contribution in [0.15, 0.2) is 48.5 Å². The zero-order valence-corrected chi connectivity index (χ0v) is 11.9. The van der Waals surface area contributed by atoms with Gasteiger partial charge in [0, 0.05) is 12.1 Å². The average molecular weight is 279 g/mol. The number of hydrogen-bond acceptors (Lipinski definition) is 2. The molecule has 0 atom stereocenters. The Morgan fingerprint density at radius 3 is 2.81 bits per heavy atom. The lowest BCUT2D eigenvalue weighted by atomic mass is 10.1. The second-order valence-electron chi connectivity index (χ2n) is 5.09. The second-order valence-corrected chi connectivity index (χ2v) is 5.09. The summed E-state index contributed by atoms with van der Waals surface area (Å²) in [6.45, 7) is 1.91. The van der Waals surface area contributed by atoms with Crippen LogP contribution in [0.25, 0.3) is 11.0 Å². The summed E-state index contributed by atoms with van der Waals surface area (Å²) in [6, 6.07) is 15.7. The Bertz CT molecular complexity index is 762. The summed E-state index contributed by atoms with van der Waals surface area (Å²) in [5.41, 5.74) is 3.82. The van der Waals surface area contributed by atoms with E-state index in [2.05, 4.69) is 15.3 Å². The Kier molecular flexibility index (Phi) is 3.69. The highest BCUT2D eigenvalue weighted by Gasteiger charge is 2.05. The van der Waals surface area contributed by atoms with Crippen molar-refractivity contribution in [1.29, 1.82) is 0 Å². The first-order chi connectivity index (χ1) is 10.2. The molecule has 0 unspecified atom stereocenters. The number of aryl methyl sites for hydroxylation is 2. The van der Waals surface area contributed by atoms with E-state index in [0.717, 1.165) is 29.0 Å². The minimum Gasteiger partial charge on any atom is -0.342 e. The van der Waals surface area contributed by atoms with E-state index < -0.39 is 0 Å². The predicted molar refractivity (Wildman–Crippen MR) is 84.2 cm³/mol. The van der Waals surface area contributed by atoms with E-state index in [0.29, 0.717) is 6.42 Å². The first kappa shape index (κ1) is 13.4. The summed E-state index contributed by atoms with van der Waals surface area (Å²) in [5, 5.41) is 2.93. The van der Waals surface area contributed by atoms with Gasteiger partial charge in [-0.05, 0) is 37.1 Å². The maximum Gasteiger partial charge on any atom is 0.224 e. The number of aromatic nitrogens is 2. The van der Waals surface area contributed by atoms with E-state index in [4.69, 9.17) is 0 Å². The number of imidazole rings is 1. The summed E-state index contributed by atoms with van der Waals surface area (Å²) in [5.74, 6) is 0.895. The number of H-pyrrole nitrogens is 1. The molecular formula is C17H17N3O. The molecule has 0 fully saturated rings. The lowest BCUT2D eigenvalue weighted by Gasteiger charge is -2.05. The standard InChI is InChI=1S/C17H17N3O/c1-12-18-15-9-8-14(11-16(15)19-12)20-17(21)10-7-13-5-3-2-4-6-13/h2-6,8-9,11H,7,10H2,1H3,(H,18,19)(H,20,21).